The maximum atomic E-state index is 11.6. The first-order chi connectivity index (χ1) is 6.61. The standard InChI is InChI=1S/C10H9NO3/c1-5-4-11-6-2-3-7(12)10(14)8(6)9(5)13/h2-4,12,14H,1H3,(H,11,13). The van der Waals surface area contributed by atoms with Gasteiger partial charge in [-0.25, -0.2) is 0 Å². The molecule has 0 unspecified atom stereocenters. The van der Waals surface area contributed by atoms with Gasteiger partial charge in [0, 0.05) is 11.8 Å². The Morgan fingerprint density at radius 1 is 1.29 bits per heavy atom. The predicted molar refractivity (Wildman–Crippen MR) is 52.6 cm³/mol. The van der Waals surface area contributed by atoms with Crippen molar-refractivity contribution < 1.29 is 10.2 Å². The zero-order chi connectivity index (χ0) is 10.3. The number of rotatable bonds is 0. The van der Waals surface area contributed by atoms with Gasteiger partial charge in [0.05, 0.1) is 10.9 Å². The number of aryl methyl sites for hydroxylation is 1. The number of aromatic hydroxyl groups is 2. The summed E-state index contributed by atoms with van der Waals surface area (Å²) in [7, 11) is 0. The van der Waals surface area contributed by atoms with Crippen molar-refractivity contribution >= 4 is 10.9 Å². The zero-order valence-electron chi connectivity index (χ0n) is 7.53. The number of aromatic nitrogens is 1. The van der Waals surface area contributed by atoms with E-state index in [2.05, 4.69) is 4.98 Å². The molecule has 0 aliphatic rings. The third kappa shape index (κ3) is 1.04. The number of phenolic OH excluding ortho intramolecular Hbond substituents is 2. The highest BCUT2D eigenvalue weighted by Gasteiger charge is 2.09. The lowest BCUT2D eigenvalue weighted by atomic mass is 10.1. The van der Waals surface area contributed by atoms with Gasteiger partial charge in [-0.1, -0.05) is 0 Å². The van der Waals surface area contributed by atoms with Crippen LogP contribution in [0.4, 0.5) is 0 Å². The maximum Gasteiger partial charge on any atom is 0.196 e. The first-order valence-electron chi connectivity index (χ1n) is 4.14. The molecular formula is C10H9NO3. The van der Waals surface area contributed by atoms with E-state index in [0.717, 1.165) is 0 Å². The highest BCUT2D eigenvalue weighted by molar-refractivity contribution is 5.87. The summed E-state index contributed by atoms with van der Waals surface area (Å²) in [5, 5.41) is 18.9. The Hall–Kier alpha value is -1.97. The fourth-order valence-corrected chi connectivity index (χ4v) is 1.38. The van der Waals surface area contributed by atoms with Crippen molar-refractivity contribution in [3.63, 3.8) is 0 Å². The number of hydrogen-bond donors (Lipinski definition) is 3. The Bertz CT molecular complexity index is 552. The lowest BCUT2D eigenvalue weighted by Crippen LogP contribution is -2.06. The van der Waals surface area contributed by atoms with E-state index in [1.54, 1.807) is 19.2 Å². The molecule has 0 aliphatic carbocycles. The van der Waals surface area contributed by atoms with Crippen LogP contribution < -0.4 is 5.43 Å². The maximum absolute atomic E-state index is 11.6. The molecule has 72 valence electrons. The van der Waals surface area contributed by atoms with Gasteiger partial charge >= 0.3 is 0 Å². The second-order valence-corrected chi connectivity index (χ2v) is 3.16. The lowest BCUT2D eigenvalue weighted by molar-refractivity contribution is 0.408. The van der Waals surface area contributed by atoms with E-state index < -0.39 is 0 Å². The van der Waals surface area contributed by atoms with E-state index in [1.807, 2.05) is 0 Å². The largest absolute Gasteiger partial charge is 0.504 e. The summed E-state index contributed by atoms with van der Waals surface area (Å²) in [6, 6.07) is 2.88. The average molecular weight is 191 g/mol. The third-order valence-electron chi connectivity index (χ3n) is 2.19. The van der Waals surface area contributed by atoms with Crippen molar-refractivity contribution in [2.24, 2.45) is 0 Å². The second-order valence-electron chi connectivity index (χ2n) is 3.16. The Kier molecular flexibility index (Phi) is 1.70. The lowest BCUT2D eigenvalue weighted by Gasteiger charge is -2.03. The van der Waals surface area contributed by atoms with E-state index in [4.69, 9.17) is 0 Å². The smallest absolute Gasteiger partial charge is 0.196 e. The molecule has 0 spiro atoms. The molecule has 0 amide bonds. The summed E-state index contributed by atoms with van der Waals surface area (Å²) in [5.74, 6) is -0.652. The molecule has 0 aliphatic heterocycles. The van der Waals surface area contributed by atoms with E-state index in [0.29, 0.717) is 11.1 Å². The van der Waals surface area contributed by atoms with Crippen LogP contribution in [-0.4, -0.2) is 15.2 Å². The van der Waals surface area contributed by atoms with Gasteiger partial charge in [-0.15, -0.1) is 0 Å². The Balaban J connectivity index is 3.06. The van der Waals surface area contributed by atoms with Gasteiger partial charge < -0.3 is 15.2 Å². The molecule has 4 nitrogen and oxygen atoms in total. The molecule has 0 fully saturated rings. The van der Waals surface area contributed by atoms with Crippen molar-refractivity contribution in [3.8, 4) is 11.5 Å². The molecule has 1 aromatic heterocycles. The summed E-state index contributed by atoms with van der Waals surface area (Å²) >= 11 is 0. The zero-order valence-corrected chi connectivity index (χ0v) is 7.53. The van der Waals surface area contributed by atoms with Crippen molar-refractivity contribution in [3.05, 3.63) is 34.1 Å². The molecule has 14 heavy (non-hydrogen) atoms. The number of hydrogen-bond acceptors (Lipinski definition) is 3. The number of H-pyrrole nitrogens is 1. The molecule has 1 aromatic carbocycles. The topological polar surface area (TPSA) is 73.3 Å². The molecule has 0 saturated carbocycles. The predicted octanol–water partition coefficient (Wildman–Crippen LogP) is 1.25. The van der Waals surface area contributed by atoms with Gasteiger partial charge in [-0.2, -0.15) is 0 Å². The second kappa shape index (κ2) is 2.77. The molecule has 4 heteroatoms. The molecule has 3 N–H and O–H groups in total. The highest BCUT2D eigenvalue weighted by atomic mass is 16.3. The Labute approximate surface area is 79.4 Å². The van der Waals surface area contributed by atoms with Crippen molar-refractivity contribution in [2.45, 2.75) is 6.92 Å². The van der Waals surface area contributed by atoms with Gasteiger partial charge in [0.15, 0.2) is 16.9 Å². The van der Waals surface area contributed by atoms with E-state index in [1.165, 1.54) is 6.07 Å². The first-order valence-corrected chi connectivity index (χ1v) is 4.14. The van der Waals surface area contributed by atoms with Crippen LogP contribution in [0.1, 0.15) is 5.56 Å². The summed E-state index contributed by atoms with van der Waals surface area (Å²) in [6.07, 6.45) is 1.57. The third-order valence-corrected chi connectivity index (χ3v) is 2.19. The summed E-state index contributed by atoms with van der Waals surface area (Å²) < 4.78 is 0. The number of aromatic amines is 1. The van der Waals surface area contributed by atoms with Crippen LogP contribution >= 0.6 is 0 Å². The Morgan fingerprint density at radius 2 is 2.00 bits per heavy atom. The van der Waals surface area contributed by atoms with E-state index in [9.17, 15) is 15.0 Å². The van der Waals surface area contributed by atoms with Gasteiger partial charge in [-0.3, -0.25) is 4.79 Å². The molecule has 0 bridgehead atoms. The van der Waals surface area contributed by atoms with Crippen LogP contribution in [0.2, 0.25) is 0 Å². The van der Waals surface area contributed by atoms with Crippen molar-refractivity contribution in [2.75, 3.05) is 0 Å². The van der Waals surface area contributed by atoms with Crippen LogP contribution in [0.3, 0.4) is 0 Å². The SMILES string of the molecule is Cc1c[nH]c2ccc(O)c(O)c2c1=O. The molecule has 2 rings (SSSR count). The van der Waals surface area contributed by atoms with Gasteiger partial charge in [0.25, 0.3) is 0 Å². The number of nitrogens with one attached hydrogen (secondary N) is 1. The van der Waals surface area contributed by atoms with E-state index in [-0.39, 0.29) is 22.3 Å². The number of benzene rings is 1. The minimum atomic E-state index is -0.368. The van der Waals surface area contributed by atoms with Crippen LogP contribution in [0.5, 0.6) is 11.5 Å². The number of fused-ring (bicyclic) bond motifs is 1. The molecule has 1 heterocycles. The number of phenols is 2. The Morgan fingerprint density at radius 3 is 2.71 bits per heavy atom. The molecule has 0 radical (unpaired) electrons. The quantitative estimate of drug-likeness (QED) is 0.548. The number of pyridine rings is 1. The fraction of sp³-hybridized carbons (Fsp3) is 0.100. The molecule has 0 saturated heterocycles. The van der Waals surface area contributed by atoms with Crippen LogP contribution in [-0.2, 0) is 0 Å². The van der Waals surface area contributed by atoms with Gasteiger partial charge in [0.2, 0.25) is 0 Å². The summed E-state index contributed by atoms with van der Waals surface area (Å²) in [5.41, 5.74) is 0.737. The van der Waals surface area contributed by atoms with Gasteiger partial charge in [0.1, 0.15) is 0 Å². The highest BCUT2D eigenvalue weighted by Crippen LogP contribution is 2.30. The van der Waals surface area contributed by atoms with Crippen LogP contribution in [0.25, 0.3) is 10.9 Å². The van der Waals surface area contributed by atoms with Crippen molar-refractivity contribution in [1.82, 2.24) is 4.98 Å². The monoisotopic (exact) mass is 191 g/mol. The molecular weight excluding hydrogens is 182 g/mol. The first kappa shape index (κ1) is 8.62. The fourth-order valence-electron chi connectivity index (χ4n) is 1.38. The van der Waals surface area contributed by atoms with Crippen LogP contribution in [0.15, 0.2) is 23.1 Å². The normalized spacial score (nSPS) is 10.6. The minimum Gasteiger partial charge on any atom is -0.504 e. The molecule has 2 aromatic rings. The van der Waals surface area contributed by atoms with Gasteiger partial charge in [-0.05, 0) is 19.1 Å². The summed E-state index contributed by atoms with van der Waals surface area (Å²) in [6.45, 7) is 1.64. The summed E-state index contributed by atoms with van der Waals surface area (Å²) in [4.78, 5) is 14.5. The minimum absolute atomic E-state index is 0.130. The molecule has 0 atom stereocenters. The average Bonchev–Trinajstić information content (AvgIpc) is 2.17. The van der Waals surface area contributed by atoms with Crippen LogP contribution in [0, 0.1) is 6.92 Å². The van der Waals surface area contributed by atoms with E-state index >= 15 is 0 Å². The van der Waals surface area contributed by atoms with Crippen molar-refractivity contribution in [1.29, 1.82) is 0 Å².